The number of nitrogens with one attached hydrogen (secondary N) is 1. The van der Waals surface area contributed by atoms with Gasteiger partial charge in [0.1, 0.15) is 6.07 Å². The van der Waals surface area contributed by atoms with E-state index in [2.05, 4.69) is 41.2 Å². The summed E-state index contributed by atoms with van der Waals surface area (Å²) in [6.45, 7) is 4.34. The van der Waals surface area contributed by atoms with Crippen molar-refractivity contribution in [2.24, 2.45) is 5.92 Å². The van der Waals surface area contributed by atoms with Crippen LogP contribution in [0.3, 0.4) is 0 Å². The Morgan fingerprint density at radius 2 is 2.18 bits per heavy atom. The third-order valence-electron chi connectivity index (χ3n) is 2.69. The first kappa shape index (κ1) is 14.0. The molecule has 2 N–H and O–H groups in total. The smallest absolute Gasteiger partial charge is 0.101 e. The highest BCUT2D eigenvalue weighted by atomic mass is 79.9. The van der Waals surface area contributed by atoms with E-state index < -0.39 is 0 Å². The second-order valence-electron chi connectivity index (χ2n) is 4.31. The molecule has 0 heterocycles. The Kier molecular flexibility index (Phi) is 5.46. The molecule has 92 valence electrons. The monoisotopic (exact) mass is 296 g/mol. The summed E-state index contributed by atoms with van der Waals surface area (Å²) in [6, 6.07) is 7.92. The highest BCUT2D eigenvalue weighted by Gasteiger charge is 2.14. The highest BCUT2D eigenvalue weighted by molar-refractivity contribution is 9.10. The summed E-state index contributed by atoms with van der Waals surface area (Å²) in [5, 5.41) is 21.4. The first-order chi connectivity index (χ1) is 8.08. The molecule has 0 amide bonds. The lowest BCUT2D eigenvalue weighted by Crippen LogP contribution is -2.27. The van der Waals surface area contributed by atoms with Crippen LogP contribution in [-0.2, 0) is 0 Å². The first-order valence-corrected chi connectivity index (χ1v) is 6.44. The summed E-state index contributed by atoms with van der Waals surface area (Å²) in [5.74, 6) is 0.400. The minimum Gasteiger partial charge on any atom is -0.396 e. The van der Waals surface area contributed by atoms with E-state index in [0.29, 0.717) is 17.9 Å². The van der Waals surface area contributed by atoms with Gasteiger partial charge in [0.05, 0.1) is 11.3 Å². The maximum atomic E-state index is 9.06. The number of aliphatic hydroxyl groups excluding tert-OH is 1. The summed E-state index contributed by atoms with van der Waals surface area (Å²) in [6.07, 6.45) is 0.679. The summed E-state index contributed by atoms with van der Waals surface area (Å²) >= 11 is 3.34. The van der Waals surface area contributed by atoms with Crippen LogP contribution in [0, 0.1) is 17.2 Å². The first-order valence-electron chi connectivity index (χ1n) is 5.65. The molecule has 0 fully saturated rings. The van der Waals surface area contributed by atoms with E-state index in [1.165, 1.54) is 0 Å². The van der Waals surface area contributed by atoms with Gasteiger partial charge in [0.2, 0.25) is 0 Å². The molecule has 0 aliphatic heterocycles. The predicted molar refractivity (Wildman–Crippen MR) is 72.8 cm³/mol. The molecule has 1 rings (SSSR count). The fourth-order valence-corrected chi connectivity index (χ4v) is 2.01. The average Bonchev–Trinajstić information content (AvgIpc) is 2.30. The molecule has 1 aromatic rings. The number of rotatable bonds is 5. The van der Waals surface area contributed by atoms with Crippen molar-refractivity contribution in [2.75, 3.05) is 11.9 Å². The van der Waals surface area contributed by atoms with Crippen molar-refractivity contribution in [2.45, 2.75) is 26.3 Å². The Morgan fingerprint density at radius 1 is 1.47 bits per heavy atom. The SMILES string of the molecule is CC(C)C(CCO)Nc1ccc(Br)cc1C#N. The molecule has 0 aliphatic carbocycles. The Hall–Kier alpha value is -1.05. The number of nitrogens with zero attached hydrogens (tertiary/aromatic N) is 1. The van der Waals surface area contributed by atoms with E-state index in [1.54, 1.807) is 6.07 Å². The van der Waals surface area contributed by atoms with Gasteiger partial charge in [-0.1, -0.05) is 29.8 Å². The van der Waals surface area contributed by atoms with Crippen LogP contribution in [0.1, 0.15) is 25.8 Å². The van der Waals surface area contributed by atoms with E-state index in [1.807, 2.05) is 12.1 Å². The van der Waals surface area contributed by atoms with Crippen LogP contribution in [-0.4, -0.2) is 17.8 Å². The Balaban J connectivity index is 2.89. The van der Waals surface area contributed by atoms with Crippen LogP contribution in [0.5, 0.6) is 0 Å². The van der Waals surface area contributed by atoms with Crippen LogP contribution in [0.15, 0.2) is 22.7 Å². The molecular formula is C13H17BrN2O. The molecular weight excluding hydrogens is 280 g/mol. The molecule has 0 saturated heterocycles. The van der Waals surface area contributed by atoms with Crippen molar-refractivity contribution in [3.05, 3.63) is 28.2 Å². The van der Waals surface area contributed by atoms with E-state index >= 15 is 0 Å². The van der Waals surface area contributed by atoms with Crippen LogP contribution < -0.4 is 5.32 Å². The molecule has 0 radical (unpaired) electrons. The van der Waals surface area contributed by atoms with Gasteiger partial charge in [-0.2, -0.15) is 5.26 Å². The largest absolute Gasteiger partial charge is 0.396 e. The minimum absolute atomic E-state index is 0.147. The molecule has 1 unspecified atom stereocenters. The van der Waals surface area contributed by atoms with Gasteiger partial charge in [0.15, 0.2) is 0 Å². The highest BCUT2D eigenvalue weighted by Crippen LogP contribution is 2.23. The van der Waals surface area contributed by atoms with Crippen LogP contribution >= 0.6 is 15.9 Å². The van der Waals surface area contributed by atoms with Gasteiger partial charge in [-0.3, -0.25) is 0 Å². The van der Waals surface area contributed by atoms with Crippen LogP contribution in [0.4, 0.5) is 5.69 Å². The van der Waals surface area contributed by atoms with Gasteiger partial charge in [-0.05, 0) is 30.5 Å². The third-order valence-corrected chi connectivity index (χ3v) is 3.18. The molecule has 0 aromatic heterocycles. The average molecular weight is 297 g/mol. The number of anilines is 1. The lowest BCUT2D eigenvalue weighted by Gasteiger charge is -2.23. The molecule has 3 nitrogen and oxygen atoms in total. The topological polar surface area (TPSA) is 56.0 Å². The molecule has 0 spiro atoms. The number of halogens is 1. The number of hydrogen-bond donors (Lipinski definition) is 2. The number of nitriles is 1. The van der Waals surface area contributed by atoms with E-state index in [-0.39, 0.29) is 12.6 Å². The summed E-state index contributed by atoms with van der Waals surface area (Å²) in [4.78, 5) is 0. The molecule has 1 aromatic carbocycles. The Morgan fingerprint density at radius 3 is 2.71 bits per heavy atom. The van der Waals surface area contributed by atoms with E-state index in [4.69, 9.17) is 10.4 Å². The summed E-state index contributed by atoms with van der Waals surface area (Å²) in [7, 11) is 0. The molecule has 17 heavy (non-hydrogen) atoms. The molecule has 0 bridgehead atoms. The van der Waals surface area contributed by atoms with Crippen molar-refractivity contribution in [3.8, 4) is 6.07 Å². The number of benzene rings is 1. The zero-order valence-electron chi connectivity index (χ0n) is 10.1. The lowest BCUT2D eigenvalue weighted by atomic mass is 10.0. The second kappa shape index (κ2) is 6.63. The van der Waals surface area contributed by atoms with Gasteiger partial charge in [-0.15, -0.1) is 0 Å². The standard InChI is InChI=1S/C13H17BrN2O/c1-9(2)12(5-6-17)16-13-4-3-11(14)7-10(13)8-15/h3-4,7,9,12,16-17H,5-6H2,1-2H3. The molecule has 4 heteroatoms. The normalized spacial score (nSPS) is 12.2. The van der Waals surface area contributed by atoms with Crippen molar-refractivity contribution >= 4 is 21.6 Å². The van der Waals surface area contributed by atoms with Crippen molar-refractivity contribution in [1.82, 2.24) is 0 Å². The van der Waals surface area contributed by atoms with Gasteiger partial charge in [0.25, 0.3) is 0 Å². The Bertz CT molecular complexity index is 412. The predicted octanol–water partition coefficient (Wildman–Crippen LogP) is 3.14. The maximum absolute atomic E-state index is 9.06. The van der Waals surface area contributed by atoms with E-state index in [0.717, 1.165) is 10.2 Å². The van der Waals surface area contributed by atoms with E-state index in [9.17, 15) is 0 Å². The molecule has 1 atom stereocenters. The molecule has 0 saturated carbocycles. The number of aliphatic hydroxyl groups is 1. The zero-order chi connectivity index (χ0) is 12.8. The maximum Gasteiger partial charge on any atom is 0.101 e. The number of hydrogen-bond acceptors (Lipinski definition) is 3. The van der Waals surface area contributed by atoms with Crippen LogP contribution in [0.2, 0.25) is 0 Å². The molecule has 0 aliphatic rings. The zero-order valence-corrected chi connectivity index (χ0v) is 11.7. The second-order valence-corrected chi connectivity index (χ2v) is 5.22. The van der Waals surface area contributed by atoms with Gasteiger partial charge in [0, 0.05) is 17.1 Å². The van der Waals surface area contributed by atoms with Gasteiger partial charge < -0.3 is 10.4 Å². The summed E-state index contributed by atoms with van der Waals surface area (Å²) in [5.41, 5.74) is 1.44. The van der Waals surface area contributed by atoms with Gasteiger partial charge >= 0.3 is 0 Å². The fourth-order valence-electron chi connectivity index (χ4n) is 1.65. The lowest BCUT2D eigenvalue weighted by molar-refractivity contribution is 0.267. The minimum atomic E-state index is 0.147. The summed E-state index contributed by atoms with van der Waals surface area (Å²) < 4.78 is 0.892. The van der Waals surface area contributed by atoms with Crippen molar-refractivity contribution in [1.29, 1.82) is 5.26 Å². The van der Waals surface area contributed by atoms with Gasteiger partial charge in [-0.25, -0.2) is 0 Å². The third kappa shape index (κ3) is 4.03. The fraction of sp³-hybridized carbons (Fsp3) is 0.462. The Labute approximate surface area is 111 Å². The van der Waals surface area contributed by atoms with Crippen LogP contribution in [0.25, 0.3) is 0 Å². The quantitative estimate of drug-likeness (QED) is 0.878. The van der Waals surface area contributed by atoms with Crippen molar-refractivity contribution < 1.29 is 5.11 Å². The van der Waals surface area contributed by atoms with Crippen molar-refractivity contribution in [3.63, 3.8) is 0 Å².